The zero-order chi connectivity index (χ0) is 22.1. The first-order valence-electron chi connectivity index (χ1n) is 10.8. The quantitative estimate of drug-likeness (QED) is 0.567. The Morgan fingerprint density at radius 3 is 2.20 bits per heavy atom. The number of aryl methyl sites for hydroxylation is 2. The molecule has 2 rings (SSSR count). The van der Waals surface area contributed by atoms with Crippen molar-refractivity contribution >= 4 is 23.4 Å². The van der Waals surface area contributed by atoms with E-state index in [1.807, 2.05) is 45.0 Å². The van der Waals surface area contributed by atoms with Crippen LogP contribution >= 0.6 is 11.6 Å². The van der Waals surface area contributed by atoms with Gasteiger partial charge < -0.3 is 10.2 Å². The van der Waals surface area contributed by atoms with Gasteiger partial charge in [-0.05, 0) is 55.9 Å². The molecule has 0 saturated heterocycles. The number of carbonyl (C=O) groups is 2. The second-order valence-electron chi connectivity index (χ2n) is 7.87. The molecule has 0 heterocycles. The molecule has 2 aromatic rings. The van der Waals surface area contributed by atoms with Crippen LogP contribution in [-0.4, -0.2) is 28.8 Å². The van der Waals surface area contributed by atoms with Crippen molar-refractivity contribution in [1.82, 2.24) is 10.2 Å². The summed E-state index contributed by atoms with van der Waals surface area (Å²) in [6.45, 7) is 8.21. The number of hydrogen-bond acceptors (Lipinski definition) is 2. The van der Waals surface area contributed by atoms with Gasteiger partial charge in [0.2, 0.25) is 11.8 Å². The third-order valence-corrected chi connectivity index (χ3v) is 5.54. The van der Waals surface area contributed by atoms with E-state index in [1.54, 1.807) is 4.90 Å². The second kappa shape index (κ2) is 11.8. The predicted molar refractivity (Wildman–Crippen MR) is 124 cm³/mol. The summed E-state index contributed by atoms with van der Waals surface area (Å²) in [4.78, 5) is 27.7. The summed E-state index contributed by atoms with van der Waals surface area (Å²) in [6, 6.07) is 15.3. The van der Waals surface area contributed by atoms with Gasteiger partial charge in [-0.25, -0.2) is 0 Å². The molecule has 0 saturated carbocycles. The normalized spacial score (nSPS) is 11.9. The van der Waals surface area contributed by atoms with Gasteiger partial charge in [0.1, 0.15) is 6.04 Å². The highest BCUT2D eigenvalue weighted by Gasteiger charge is 2.29. The van der Waals surface area contributed by atoms with E-state index in [0.717, 1.165) is 17.5 Å². The summed E-state index contributed by atoms with van der Waals surface area (Å²) in [5, 5.41) is 3.55. The van der Waals surface area contributed by atoms with Gasteiger partial charge in [0, 0.05) is 24.0 Å². The molecule has 1 N–H and O–H groups in total. The fraction of sp³-hybridized carbons (Fsp3) is 0.440. The number of rotatable bonds is 10. The van der Waals surface area contributed by atoms with E-state index >= 15 is 0 Å². The zero-order valence-corrected chi connectivity index (χ0v) is 19.2. The molecule has 0 spiro atoms. The van der Waals surface area contributed by atoms with Gasteiger partial charge in [-0.15, -0.1) is 0 Å². The van der Waals surface area contributed by atoms with E-state index in [4.69, 9.17) is 11.6 Å². The van der Waals surface area contributed by atoms with Crippen molar-refractivity contribution in [3.8, 4) is 0 Å². The van der Waals surface area contributed by atoms with Gasteiger partial charge in [0.05, 0.1) is 0 Å². The molecule has 0 unspecified atom stereocenters. The van der Waals surface area contributed by atoms with E-state index in [1.165, 1.54) is 5.56 Å². The minimum Gasteiger partial charge on any atom is -0.352 e. The van der Waals surface area contributed by atoms with Crippen molar-refractivity contribution in [3.63, 3.8) is 0 Å². The third-order valence-electron chi connectivity index (χ3n) is 5.17. The lowest BCUT2D eigenvalue weighted by molar-refractivity contribution is -0.141. The van der Waals surface area contributed by atoms with E-state index < -0.39 is 6.04 Å². The molecule has 162 valence electrons. The average Bonchev–Trinajstić information content (AvgIpc) is 2.73. The first kappa shape index (κ1) is 23.9. The number of nitrogens with one attached hydrogen (secondary N) is 1. The van der Waals surface area contributed by atoms with Crippen LogP contribution in [0.2, 0.25) is 5.02 Å². The van der Waals surface area contributed by atoms with Crippen LogP contribution < -0.4 is 5.32 Å². The Kier molecular flexibility index (Phi) is 9.38. The molecule has 0 aromatic heterocycles. The van der Waals surface area contributed by atoms with Crippen LogP contribution in [0.1, 0.15) is 57.2 Å². The summed E-state index contributed by atoms with van der Waals surface area (Å²) in [5.41, 5.74) is 3.25. The standard InChI is InChI=1S/C25H33ClN2O2/c1-5-19-11-13-20(14-12-19)15-16-24(29)28(17-21-9-7-8-10-22(21)26)23(6-2)25(30)27-18(3)4/h7-14,18,23H,5-6,15-17H2,1-4H3,(H,27,30)/t23-/m1/s1. The molecular weight excluding hydrogens is 396 g/mol. The Hall–Kier alpha value is -2.33. The number of nitrogens with zero attached hydrogens (tertiary/aromatic N) is 1. The predicted octanol–water partition coefficient (Wildman–Crippen LogP) is 5.17. The van der Waals surface area contributed by atoms with Gasteiger partial charge in [0.25, 0.3) is 0 Å². The van der Waals surface area contributed by atoms with Crippen LogP contribution in [0, 0.1) is 0 Å². The van der Waals surface area contributed by atoms with Gasteiger partial charge in [-0.3, -0.25) is 9.59 Å². The fourth-order valence-electron chi connectivity index (χ4n) is 3.45. The van der Waals surface area contributed by atoms with Gasteiger partial charge in [-0.1, -0.05) is 67.9 Å². The van der Waals surface area contributed by atoms with Crippen molar-refractivity contribution in [1.29, 1.82) is 0 Å². The lowest BCUT2D eigenvalue weighted by Crippen LogP contribution is -2.50. The summed E-state index contributed by atoms with van der Waals surface area (Å²) < 4.78 is 0. The van der Waals surface area contributed by atoms with E-state index in [-0.39, 0.29) is 17.9 Å². The van der Waals surface area contributed by atoms with Crippen LogP contribution in [0.5, 0.6) is 0 Å². The van der Waals surface area contributed by atoms with Crippen LogP contribution in [0.3, 0.4) is 0 Å². The van der Waals surface area contributed by atoms with Crippen molar-refractivity contribution in [2.24, 2.45) is 0 Å². The van der Waals surface area contributed by atoms with Crippen molar-refractivity contribution in [2.45, 2.75) is 72.0 Å². The lowest BCUT2D eigenvalue weighted by Gasteiger charge is -2.31. The van der Waals surface area contributed by atoms with Crippen LogP contribution in [-0.2, 0) is 29.0 Å². The Balaban J connectivity index is 2.20. The summed E-state index contributed by atoms with van der Waals surface area (Å²) in [6.07, 6.45) is 2.53. The molecule has 0 aliphatic carbocycles. The fourth-order valence-corrected chi connectivity index (χ4v) is 3.64. The summed E-state index contributed by atoms with van der Waals surface area (Å²) >= 11 is 6.35. The highest BCUT2D eigenvalue weighted by molar-refractivity contribution is 6.31. The number of carbonyl (C=O) groups excluding carboxylic acids is 2. The van der Waals surface area contributed by atoms with Gasteiger partial charge >= 0.3 is 0 Å². The molecule has 1 atom stereocenters. The molecule has 30 heavy (non-hydrogen) atoms. The Labute approximate surface area is 185 Å². The lowest BCUT2D eigenvalue weighted by atomic mass is 10.0. The maximum atomic E-state index is 13.2. The maximum absolute atomic E-state index is 13.2. The molecule has 0 radical (unpaired) electrons. The highest BCUT2D eigenvalue weighted by Crippen LogP contribution is 2.21. The first-order chi connectivity index (χ1) is 14.3. The summed E-state index contributed by atoms with van der Waals surface area (Å²) in [7, 11) is 0. The largest absolute Gasteiger partial charge is 0.352 e. The molecule has 2 amide bonds. The Bertz CT molecular complexity index is 833. The maximum Gasteiger partial charge on any atom is 0.243 e. The molecular formula is C25H33ClN2O2. The number of benzene rings is 2. The number of halogens is 1. The smallest absolute Gasteiger partial charge is 0.243 e. The van der Waals surface area contributed by atoms with Gasteiger partial charge in [-0.2, -0.15) is 0 Å². The highest BCUT2D eigenvalue weighted by atomic mass is 35.5. The van der Waals surface area contributed by atoms with E-state index in [0.29, 0.717) is 30.8 Å². The van der Waals surface area contributed by atoms with Crippen LogP contribution in [0.4, 0.5) is 0 Å². The third kappa shape index (κ3) is 6.88. The molecule has 0 fully saturated rings. The zero-order valence-electron chi connectivity index (χ0n) is 18.5. The number of hydrogen-bond donors (Lipinski definition) is 1. The molecule has 0 aliphatic rings. The van der Waals surface area contributed by atoms with Crippen molar-refractivity contribution < 1.29 is 9.59 Å². The van der Waals surface area contributed by atoms with Crippen LogP contribution in [0.15, 0.2) is 48.5 Å². The SMILES string of the molecule is CCc1ccc(CCC(=O)N(Cc2ccccc2Cl)[C@H](CC)C(=O)NC(C)C)cc1. The monoisotopic (exact) mass is 428 g/mol. The topological polar surface area (TPSA) is 49.4 Å². The Morgan fingerprint density at radius 1 is 1.00 bits per heavy atom. The molecule has 0 bridgehead atoms. The molecule has 4 nitrogen and oxygen atoms in total. The number of amides is 2. The van der Waals surface area contributed by atoms with Crippen molar-refractivity contribution in [3.05, 3.63) is 70.2 Å². The van der Waals surface area contributed by atoms with E-state index in [2.05, 4.69) is 36.5 Å². The molecule has 5 heteroatoms. The van der Waals surface area contributed by atoms with E-state index in [9.17, 15) is 9.59 Å². The first-order valence-corrected chi connectivity index (χ1v) is 11.1. The summed E-state index contributed by atoms with van der Waals surface area (Å²) in [5.74, 6) is -0.166. The van der Waals surface area contributed by atoms with Crippen LogP contribution in [0.25, 0.3) is 0 Å². The molecule has 2 aromatic carbocycles. The second-order valence-corrected chi connectivity index (χ2v) is 8.28. The van der Waals surface area contributed by atoms with Gasteiger partial charge in [0.15, 0.2) is 0 Å². The Morgan fingerprint density at radius 2 is 1.63 bits per heavy atom. The van der Waals surface area contributed by atoms with Crippen molar-refractivity contribution in [2.75, 3.05) is 0 Å². The average molecular weight is 429 g/mol. The molecule has 0 aliphatic heterocycles. The minimum absolute atomic E-state index is 0.0147. The minimum atomic E-state index is -0.529.